The van der Waals surface area contributed by atoms with Gasteiger partial charge in [-0.3, -0.25) is 20.4 Å². The van der Waals surface area contributed by atoms with Crippen molar-refractivity contribution in [1.82, 2.24) is 10.9 Å². The summed E-state index contributed by atoms with van der Waals surface area (Å²) in [7, 11) is 0. The van der Waals surface area contributed by atoms with Crippen LogP contribution in [0.25, 0.3) is 0 Å². The van der Waals surface area contributed by atoms with Crippen LogP contribution in [0, 0.1) is 0 Å². The lowest BCUT2D eigenvalue weighted by Crippen LogP contribution is -2.42. The largest absolute Gasteiger partial charge is 0.494 e. The van der Waals surface area contributed by atoms with E-state index in [9.17, 15) is 9.59 Å². The molecule has 1 aliphatic rings. The normalized spacial score (nSPS) is 12.0. The van der Waals surface area contributed by atoms with Crippen LogP contribution in [-0.2, 0) is 17.6 Å². The van der Waals surface area contributed by atoms with Crippen molar-refractivity contribution < 1.29 is 19.1 Å². The third-order valence-electron chi connectivity index (χ3n) is 3.86. The summed E-state index contributed by atoms with van der Waals surface area (Å²) in [5, 5.41) is 0. The maximum Gasteiger partial charge on any atom is 0.269 e. The molecule has 2 aromatic carbocycles. The molecule has 130 valence electrons. The molecule has 25 heavy (non-hydrogen) atoms. The second-order valence-electron chi connectivity index (χ2n) is 5.68. The molecular weight excluding hydrogens is 320 g/mol. The molecule has 0 bridgehead atoms. The fourth-order valence-corrected chi connectivity index (χ4v) is 2.65. The Balaban J connectivity index is 1.50. The van der Waals surface area contributed by atoms with E-state index in [4.69, 9.17) is 9.47 Å². The maximum absolute atomic E-state index is 12.0. The second-order valence-corrected chi connectivity index (χ2v) is 5.68. The Bertz CT molecular complexity index is 771. The zero-order valence-corrected chi connectivity index (χ0v) is 14.0. The fourth-order valence-electron chi connectivity index (χ4n) is 2.65. The number of carbonyl (C=O) groups excluding carboxylic acids is 2. The molecule has 0 spiro atoms. The van der Waals surface area contributed by atoms with Crippen molar-refractivity contribution >= 4 is 11.8 Å². The minimum Gasteiger partial charge on any atom is -0.494 e. The molecule has 0 aliphatic carbocycles. The van der Waals surface area contributed by atoms with E-state index >= 15 is 0 Å². The van der Waals surface area contributed by atoms with E-state index in [1.165, 1.54) is 0 Å². The smallest absolute Gasteiger partial charge is 0.269 e. The Hall–Kier alpha value is -3.02. The first-order chi connectivity index (χ1) is 12.2. The van der Waals surface area contributed by atoms with E-state index in [1.54, 1.807) is 24.3 Å². The average molecular weight is 340 g/mol. The van der Waals surface area contributed by atoms with Gasteiger partial charge in [-0.1, -0.05) is 12.1 Å². The first-order valence-corrected chi connectivity index (χ1v) is 8.22. The van der Waals surface area contributed by atoms with Crippen molar-refractivity contribution in [1.29, 1.82) is 0 Å². The minimum absolute atomic E-state index is 0.191. The van der Waals surface area contributed by atoms with Gasteiger partial charge in [0.1, 0.15) is 11.5 Å². The molecule has 3 rings (SSSR count). The van der Waals surface area contributed by atoms with E-state index in [2.05, 4.69) is 10.9 Å². The molecule has 0 saturated heterocycles. The van der Waals surface area contributed by atoms with E-state index in [0.29, 0.717) is 24.5 Å². The maximum atomic E-state index is 12.0. The zero-order valence-electron chi connectivity index (χ0n) is 14.0. The molecular formula is C19H20N2O4. The number of carbonyl (C=O) groups is 2. The van der Waals surface area contributed by atoms with Crippen molar-refractivity contribution in [3.63, 3.8) is 0 Å². The molecule has 1 heterocycles. The van der Waals surface area contributed by atoms with Crippen molar-refractivity contribution in [2.45, 2.75) is 19.8 Å². The third-order valence-corrected chi connectivity index (χ3v) is 3.86. The van der Waals surface area contributed by atoms with Crippen LogP contribution in [0.4, 0.5) is 0 Å². The Kier molecular flexibility index (Phi) is 5.18. The zero-order chi connectivity index (χ0) is 17.6. The van der Waals surface area contributed by atoms with Crippen LogP contribution in [0.15, 0.2) is 42.5 Å². The summed E-state index contributed by atoms with van der Waals surface area (Å²) in [5.74, 6) is 0.925. The Labute approximate surface area is 146 Å². The standard InChI is InChI=1S/C19H20N2O4/c1-2-24-16-6-4-14(5-7-16)19(23)21-20-18(22)12-13-3-8-17-15(11-13)9-10-25-17/h3-8,11H,2,9-10,12H2,1H3,(H,20,22)(H,21,23). The molecule has 2 N–H and O–H groups in total. The molecule has 6 heteroatoms. The van der Waals surface area contributed by atoms with Gasteiger partial charge < -0.3 is 9.47 Å². The molecule has 0 fully saturated rings. The summed E-state index contributed by atoms with van der Waals surface area (Å²) in [6.45, 7) is 3.14. The van der Waals surface area contributed by atoms with Gasteiger partial charge in [0.2, 0.25) is 5.91 Å². The average Bonchev–Trinajstić information content (AvgIpc) is 3.08. The SMILES string of the molecule is CCOc1ccc(C(=O)NNC(=O)Cc2ccc3c(c2)CCO3)cc1. The van der Waals surface area contributed by atoms with Crippen LogP contribution in [0.2, 0.25) is 0 Å². The van der Waals surface area contributed by atoms with Crippen LogP contribution >= 0.6 is 0 Å². The molecule has 1 aliphatic heterocycles. The lowest BCUT2D eigenvalue weighted by atomic mass is 10.1. The molecule has 0 radical (unpaired) electrons. The van der Waals surface area contributed by atoms with Crippen molar-refractivity contribution in [3.8, 4) is 11.5 Å². The number of amides is 2. The van der Waals surface area contributed by atoms with Gasteiger partial charge >= 0.3 is 0 Å². The highest BCUT2D eigenvalue weighted by Crippen LogP contribution is 2.25. The fraction of sp³-hybridized carbons (Fsp3) is 0.263. The van der Waals surface area contributed by atoms with Gasteiger partial charge in [0.15, 0.2) is 0 Å². The lowest BCUT2D eigenvalue weighted by Gasteiger charge is -2.09. The number of hydrogen-bond donors (Lipinski definition) is 2. The van der Waals surface area contributed by atoms with Crippen LogP contribution in [0.5, 0.6) is 11.5 Å². The van der Waals surface area contributed by atoms with E-state index in [1.807, 2.05) is 25.1 Å². The minimum atomic E-state index is -0.376. The molecule has 0 saturated carbocycles. The number of nitrogens with one attached hydrogen (secondary N) is 2. The molecule has 2 amide bonds. The van der Waals surface area contributed by atoms with Gasteiger partial charge in [0, 0.05) is 12.0 Å². The number of fused-ring (bicyclic) bond motifs is 1. The van der Waals surface area contributed by atoms with Crippen molar-refractivity contribution in [2.24, 2.45) is 0 Å². The summed E-state index contributed by atoms with van der Waals surface area (Å²) < 4.78 is 10.8. The Morgan fingerprint density at radius 3 is 2.68 bits per heavy atom. The molecule has 0 unspecified atom stereocenters. The van der Waals surface area contributed by atoms with Crippen molar-refractivity contribution in [3.05, 3.63) is 59.2 Å². The topological polar surface area (TPSA) is 76.7 Å². The Morgan fingerprint density at radius 1 is 1.12 bits per heavy atom. The number of ether oxygens (including phenoxy) is 2. The summed E-state index contributed by atoms with van der Waals surface area (Å²) in [6, 6.07) is 12.4. The molecule has 2 aromatic rings. The number of hydrazine groups is 1. The van der Waals surface area contributed by atoms with E-state index in [-0.39, 0.29) is 18.2 Å². The molecule has 6 nitrogen and oxygen atoms in total. The Morgan fingerprint density at radius 2 is 1.92 bits per heavy atom. The van der Waals surface area contributed by atoms with Crippen LogP contribution < -0.4 is 20.3 Å². The lowest BCUT2D eigenvalue weighted by molar-refractivity contribution is -0.121. The number of rotatable bonds is 5. The quantitative estimate of drug-likeness (QED) is 0.817. The van der Waals surface area contributed by atoms with Gasteiger partial charge in [0.05, 0.1) is 19.6 Å². The molecule has 0 atom stereocenters. The summed E-state index contributed by atoms with van der Waals surface area (Å²) >= 11 is 0. The summed E-state index contributed by atoms with van der Waals surface area (Å²) in [4.78, 5) is 24.1. The van der Waals surface area contributed by atoms with Gasteiger partial charge in [-0.05, 0) is 48.4 Å². The van der Waals surface area contributed by atoms with Crippen LogP contribution in [-0.4, -0.2) is 25.0 Å². The number of hydrogen-bond acceptors (Lipinski definition) is 4. The van der Waals surface area contributed by atoms with Crippen LogP contribution in [0.3, 0.4) is 0 Å². The van der Waals surface area contributed by atoms with Crippen molar-refractivity contribution in [2.75, 3.05) is 13.2 Å². The van der Waals surface area contributed by atoms with Gasteiger partial charge in [-0.15, -0.1) is 0 Å². The van der Waals surface area contributed by atoms with Crippen LogP contribution in [0.1, 0.15) is 28.4 Å². The van der Waals surface area contributed by atoms with E-state index < -0.39 is 0 Å². The monoisotopic (exact) mass is 340 g/mol. The highest BCUT2D eigenvalue weighted by molar-refractivity contribution is 5.95. The number of benzene rings is 2. The molecule has 0 aromatic heterocycles. The summed E-state index contributed by atoms with van der Waals surface area (Å²) in [6.07, 6.45) is 1.05. The van der Waals surface area contributed by atoms with Gasteiger partial charge in [-0.2, -0.15) is 0 Å². The first kappa shape index (κ1) is 16.8. The highest BCUT2D eigenvalue weighted by Gasteiger charge is 2.14. The predicted octanol–water partition coefficient (Wildman–Crippen LogP) is 2.02. The van der Waals surface area contributed by atoms with Gasteiger partial charge in [-0.25, -0.2) is 0 Å². The van der Waals surface area contributed by atoms with E-state index in [0.717, 1.165) is 23.3 Å². The second kappa shape index (κ2) is 7.70. The predicted molar refractivity (Wildman–Crippen MR) is 92.6 cm³/mol. The van der Waals surface area contributed by atoms with Gasteiger partial charge in [0.25, 0.3) is 5.91 Å². The first-order valence-electron chi connectivity index (χ1n) is 8.22. The highest BCUT2D eigenvalue weighted by atomic mass is 16.5. The summed E-state index contributed by atoms with van der Waals surface area (Å²) in [5.41, 5.74) is 7.30. The third kappa shape index (κ3) is 4.29.